The summed E-state index contributed by atoms with van der Waals surface area (Å²) in [5.41, 5.74) is 0. The molecule has 1 aromatic rings. The Balaban J connectivity index is 2.36. The third-order valence-corrected chi connectivity index (χ3v) is 3.17. The van der Waals surface area contributed by atoms with E-state index < -0.39 is 15.2 Å². The molecule has 14 heavy (non-hydrogen) atoms. The van der Waals surface area contributed by atoms with E-state index in [1.54, 1.807) is 6.92 Å². The molecule has 1 heterocycles. The molecule has 0 radical (unpaired) electrons. The molecule has 1 rings (SSSR count). The minimum atomic E-state index is -3.36. The molecule has 0 aliphatic carbocycles. The number of nitrogens with one attached hydrogen (secondary N) is 1. The molecule has 0 aliphatic heterocycles. The van der Waals surface area contributed by atoms with Gasteiger partial charge in [0, 0.05) is 13.0 Å². The number of nitrogens with zero attached hydrogens (tertiary/aromatic N) is 2. The van der Waals surface area contributed by atoms with Gasteiger partial charge in [0.1, 0.15) is 5.21 Å². The van der Waals surface area contributed by atoms with Gasteiger partial charge in [-0.1, -0.05) is 5.16 Å². The third kappa shape index (κ3) is 3.60. The average Bonchev–Trinajstić information content (AvgIpc) is 2.51. The van der Waals surface area contributed by atoms with Crippen LogP contribution in [0.2, 0.25) is 0 Å². The molecular weight excluding hydrogens is 230 g/mol. The van der Waals surface area contributed by atoms with Crippen LogP contribution in [-0.2, 0) is 16.4 Å². The van der Waals surface area contributed by atoms with Crippen LogP contribution in [0.4, 0.5) is 0 Å². The highest BCUT2D eigenvalue weighted by molar-refractivity contribution is 7.90. The second kappa shape index (κ2) is 4.72. The van der Waals surface area contributed by atoms with Crippen molar-refractivity contribution in [3.8, 4) is 0 Å². The lowest BCUT2D eigenvalue weighted by molar-refractivity contribution is 0.375. The average molecular weight is 240 g/mol. The number of alkyl halides is 1. The SMILES string of the molecule is Cc1noc(CCNS(=O)(=O)CCl)n1. The molecule has 0 spiro atoms. The fourth-order valence-corrected chi connectivity index (χ4v) is 1.52. The maximum Gasteiger partial charge on any atom is 0.227 e. The van der Waals surface area contributed by atoms with Crippen molar-refractivity contribution in [3.63, 3.8) is 0 Å². The summed E-state index contributed by atoms with van der Waals surface area (Å²) in [5, 5.41) is 3.11. The number of aromatic nitrogens is 2. The molecule has 0 unspecified atom stereocenters. The lowest BCUT2D eigenvalue weighted by Crippen LogP contribution is -2.26. The topological polar surface area (TPSA) is 85.1 Å². The number of halogens is 1. The van der Waals surface area contributed by atoms with Crippen molar-refractivity contribution >= 4 is 21.6 Å². The van der Waals surface area contributed by atoms with Crippen LogP contribution in [0.15, 0.2) is 4.52 Å². The Morgan fingerprint density at radius 1 is 1.57 bits per heavy atom. The zero-order valence-electron chi connectivity index (χ0n) is 7.53. The molecule has 1 N–H and O–H groups in total. The Bertz CT molecular complexity index is 389. The highest BCUT2D eigenvalue weighted by atomic mass is 35.5. The second-order valence-corrected chi connectivity index (χ2v) is 4.99. The van der Waals surface area contributed by atoms with E-state index in [0.717, 1.165) is 0 Å². The first-order valence-corrected chi connectivity index (χ1v) is 6.04. The van der Waals surface area contributed by atoms with Crippen LogP contribution in [0.5, 0.6) is 0 Å². The lowest BCUT2D eigenvalue weighted by atomic mass is 10.4. The Morgan fingerprint density at radius 3 is 2.79 bits per heavy atom. The largest absolute Gasteiger partial charge is 0.339 e. The predicted molar refractivity (Wildman–Crippen MR) is 50.4 cm³/mol. The van der Waals surface area contributed by atoms with E-state index >= 15 is 0 Å². The van der Waals surface area contributed by atoms with E-state index in [0.29, 0.717) is 18.1 Å². The van der Waals surface area contributed by atoms with E-state index in [4.69, 9.17) is 16.1 Å². The predicted octanol–water partition coefficient (Wildman–Crippen LogP) is 0.0362. The molecule has 0 fully saturated rings. The fourth-order valence-electron chi connectivity index (χ4n) is 0.794. The van der Waals surface area contributed by atoms with Crippen LogP contribution in [0, 0.1) is 6.92 Å². The van der Waals surface area contributed by atoms with Gasteiger partial charge in [0.2, 0.25) is 15.9 Å². The van der Waals surface area contributed by atoms with Gasteiger partial charge in [0.05, 0.1) is 0 Å². The molecule has 1 aromatic heterocycles. The van der Waals surface area contributed by atoms with Gasteiger partial charge in [-0.05, 0) is 6.92 Å². The van der Waals surface area contributed by atoms with Gasteiger partial charge in [0.15, 0.2) is 5.82 Å². The molecule has 0 saturated heterocycles. The summed E-state index contributed by atoms with van der Waals surface area (Å²) in [5.74, 6) is 0.931. The van der Waals surface area contributed by atoms with E-state index in [1.165, 1.54) is 0 Å². The number of hydrogen-bond acceptors (Lipinski definition) is 5. The van der Waals surface area contributed by atoms with E-state index in [2.05, 4.69) is 14.9 Å². The standard InChI is InChI=1S/C6H10ClN3O3S/c1-5-9-6(13-10-5)2-3-8-14(11,12)4-7/h8H,2-4H2,1H3. The minimum Gasteiger partial charge on any atom is -0.339 e. The van der Waals surface area contributed by atoms with Crippen LogP contribution in [0.3, 0.4) is 0 Å². The molecule has 0 atom stereocenters. The summed E-state index contributed by atoms with van der Waals surface area (Å²) < 4.78 is 28.8. The molecule has 0 aliphatic rings. The molecule has 8 heteroatoms. The first-order valence-electron chi connectivity index (χ1n) is 3.86. The Kier molecular flexibility index (Phi) is 3.85. The molecule has 0 aromatic carbocycles. The first-order chi connectivity index (χ1) is 6.53. The van der Waals surface area contributed by atoms with Gasteiger partial charge in [-0.15, -0.1) is 11.6 Å². The van der Waals surface area contributed by atoms with E-state index in [-0.39, 0.29) is 6.54 Å². The maximum absolute atomic E-state index is 10.9. The van der Waals surface area contributed by atoms with Crippen molar-refractivity contribution < 1.29 is 12.9 Å². The van der Waals surface area contributed by atoms with Crippen molar-refractivity contribution in [2.75, 3.05) is 11.8 Å². The molecule has 6 nitrogen and oxygen atoms in total. The number of sulfonamides is 1. The smallest absolute Gasteiger partial charge is 0.227 e. The van der Waals surface area contributed by atoms with Gasteiger partial charge in [-0.25, -0.2) is 13.1 Å². The van der Waals surface area contributed by atoms with E-state index in [9.17, 15) is 8.42 Å². The van der Waals surface area contributed by atoms with Crippen LogP contribution >= 0.6 is 11.6 Å². The van der Waals surface area contributed by atoms with Crippen molar-refractivity contribution in [1.29, 1.82) is 0 Å². The lowest BCUT2D eigenvalue weighted by Gasteiger charge is -1.99. The quantitative estimate of drug-likeness (QED) is 0.733. The number of hydrogen-bond donors (Lipinski definition) is 1. The third-order valence-electron chi connectivity index (χ3n) is 1.37. The van der Waals surface area contributed by atoms with Crippen molar-refractivity contribution in [3.05, 3.63) is 11.7 Å². The highest BCUT2D eigenvalue weighted by Gasteiger charge is 2.08. The Hall–Kier alpha value is -0.660. The number of rotatable bonds is 5. The summed E-state index contributed by atoms with van der Waals surface area (Å²) in [6.45, 7) is 1.90. The molecule has 0 bridgehead atoms. The Labute approximate surface area is 86.7 Å². The Morgan fingerprint density at radius 2 is 2.29 bits per heavy atom. The van der Waals surface area contributed by atoms with Crippen molar-refractivity contribution in [2.45, 2.75) is 13.3 Å². The van der Waals surface area contributed by atoms with Crippen molar-refractivity contribution in [1.82, 2.24) is 14.9 Å². The fraction of sp³-hybridized carbons (Fsp3) is 0.667. The molecular formula is C6H10ClN3O3S. The summed E-state index contributed by atoms with van der Waals surface area (Å²) in [4.78, 5) is 3.91. The van der Waals surface area contributed by atoms with Gasteiger partial charge < -0.3 is 4.52 Å². The van der Waals surface area contributed by atoms with Crippen LogP contribution in [-0.4, -0.2) is 30.3 Å². The number of aryl methyl sites for hydroxylation is 1. The van der Waals surface area contributed by atoms with Crippen molar-refractivity contribution in [2.24, 2.45) is 0 Å². The van der Waals surface area contributed by atoms with E-state index in [1.807, 2.05) is 0 Å². The summed E-state index contributed by atoms with van der Waals surface area (Å²) in [7, 11) is -3.36. The molecule has 0 saturated carbocycles. The van der Waals surface area contributed by atoms with Crippen LogP contribution in [0.1, 0.15) is 11.7 Å². The second-order valence-electron chi connectivity index (χ2n) is 2.60. The summed E-state index contributed by atoms with van der Waals surface area (Å²) in [6.07, 6.45) is 0.358. The normalized spacial score (nSPS) is 11.9. The molecule has 0 amide bonds. The van der Waals surface area contributed by atoms with Gasteiger partial charge >= 0.3 is 0 Å². The van der Waals surface area contributed by atoms with Gasteiger partial charge in [-0.2, -0.15) is 4.98 Å². The van der Waals surface area contributed by atoms with Crippen LogP contribution in [0.25, 0.3) is 0 Å². The summed E-state index contributed by atoms with van der Waals surface area (Å²) >= 11 is 5.18. The van der Waals surface area contributed by atoms with Gasteiger partial charge in [-0.3, -0.25) is 0 Å². The molecule has 80 valence electrons. The first kappa shape index (κ1) is 11.4. The maximum atomic E-state index is 10.9. The summed E-state index contributed by atoms with van der Waals surface area (Å²) in [6, 6.07) is 0. The zero-order chi connectivity index (χ0) is 10.6. The minimum absolute atomic E-state index is 0.205. The zero-order valence-corrected chi connectivity index (χ0v) is 9.10. The van der Waals surface area contributed by atoms with Crippen LogP contribution < -0.4 is 4.72 Å². The highest BCUT2D eigenvalue weighted by Crippen LogP contribution is 1.96. The monoisotopic (exact) mass is 239 g/mol. The van der Waals surface area contributed by atoms with Gasteiger partial charge in [0.25, 0.3) is 0 Å².